The van der Waals surface area contributed by atoms with Crippen molar-refractivity contribution >= 4 is 11.6 Å². The number of terminal acetylenes is 1. The lowest BCUT2D eigenvalue weighted by molar-refractivity contribution is -0.232. The number of Topliss-reactive ketones (excluding diaryl/α,β-unsaturated/α-hetero) is 2. The molecule has 0 radical (unpaired) electrons. The molecule has 0 heterocycles. The van der Waals surface area contributed by atoms with Crippen LogP contribution < -0.4 is 0 Å². The van der Waals surface area contributed by atoms with Gasteiger partial charge in [0.05, 0.1) is 0 Å². The van der Waals surface area contributed by atoms with Crippen molar-refractivity contribution in [3.05, 3.63) is 12.2 Å². The summed E-state index contributed by atoms with van der Waals surface area (Å²) in [6.07, 6.45) is 16.5. The first-order valence-corrected chi connectivity index (χ1v) is 14.0. The van der Waals surface area contributed by atoms with Gasteiger partial charge >= 0.3 is 0 Å². The summed E-state index contributed by atoms with van der Waals surface area (Å²) < 4.78 is 0. The third-order valence-electron chi connectivity index (χ3n) is 13.4. The molecule has 2 heteroatoms. The van der Waals surface area contributed by atoms with Crippen LogP contribution in [0.15, 0.2) is 12.2 Å². The van der Waals surface area contributed by atoms with Gasteiger partial charge in [-0.1, -0.05) is 46.8 Å². The third kappa shape index (κ3) is 2.71. The molecule has 0 N–H and O–H groups in total. The van der Waals surface area contributed by atoms with Crippen LogP contribution in [0.25, 0.3) is 0 Å². The molecule has 0 aromatic heterocycles. The van der Waals surface area contributed by atoms with Crippen LogP contribution in [0.1, 0.15) is 106 Å². The van der Waals surface area contributed by atoms with Crippen LogP contribution in [0.3, 0.4) is 0 Å². The highest BCUT2D eigenvalue weighted by atomic mass is 16.1. The fraction of sp³-hybridized carbons (Fsp3) is 0.812. The molecule has 0 saturated heterocycles. The third-order valence-corrected chi connectivity index (χ3v) is 13.4. The summed E-state index contributed by atoms with van der Waals surface area (Å²) in [6.45, 7) is 18.8. The molecule has 0 aliphatic heterocycles. The molecule has 0 aromatic rings. The second-order valence-corrected chi connectivity index (χ2v) is 14.5. The molecule has 0 aromatic carbocycles. The monoisotopic (exact) mass is 462 g/mol. The van der Waals surface area contributed by atoms with E-state index in [1.165, 1.54) is 24.8 Å². The lowest BCUT2D eigenvalue weighted by Crippen LogP contribution is -2.66. The van der Waals surface area contributed by atoms with Crippen LogP contribution in [0.2, 0.25) is 0 Å². The molecule has 5 saturated carbocycles. The van der Waals surface area contributed by atoms with E-state index in [1.807, 2.05) is 0 Å². The standard InChI is InChI=1S/C32H46O2/c1-9-25(33)32-17-12-21(20(2)3)27(32)22-10-11-24-29(6)15-14-26(34)28(4,5)23(29)13-16-31(24,8)30(22,7)18-19-32/h1,21-24,27H,2,10-19H2,3-8H3/t21-,22+,23-,24+,27+,29-,30+,31+,32+/m0/s1. The molecular formula is C32H46O2. The van der Waals surface area contributed by atoms with Gasteiger partial charge in [0.1, 0.15) is 5.78 Å². The second-order valence-electron chi connectivity index (χ2n) is 14.5. The van der Waals surface area contributed by atoms with Crippen molar-refractivity contribution in [3.63, 3.8) is 0 Å². The number of rotatable bonds is 2. The van der Waals surface area contributed by atoms with E-state index in [0.717, 1.165) is 44.9 Å². The number of ketones is 2. The van der Waals surface area contributed by atoms with Crippen molar-refractivity contribution in [2.24, 2.45) is 56.7 Å². The zero-order valence-corrected chi connectivity index (χ0v) is 22.6. The maximum absolute atomic E-state index is 13.3. The Hall–Kier alpha value is -1.36. The van der Waals surface area contributed by atoms with Crippen molar-refractivity contribution in [1.82, 2.24) is 0 Å². The summed E-state index contributed by atoms with van der Waals surface area (Å²) in [4.78, 5) is 26.3. The molecule has 5 fully saturated rings. The van der Waals surface area contributed by atoms with Crippen molar-refractivity contribution in [2.75, 3.05) is 0 Å². The van der Waals surface area contributed by atoms with Crippen molar-refractivity contribution in [2.45, 2.75) is 106 Å². The first kappa shape index (κ1) is 24.3. The number of hydrogen-bond acceptors (Lipinski definition) is 2. The van der Waals surface area contributed by atoms with Crippen LogP contribution in [-0.2, 0) is 9.59 Å². The summed E-state index contributed by atoms with van der Waals surface area (Å²) in [6, 6.07) is 0. The van der Waals surface area contributed by atoms with Crippen LogP contribution in [0.5, 0.6) is 0 Å². The lowest BCUT2D eigenvalue weighted by atomic mass is 9.32. The highest BCUT2D eigenvalue weighted by molar-refractivity contribution is 6.00. The molecule has 0 bridgehead atoms. The van der Waals surface area contributed by atoms with Crippen LogP contribution in [0, 0.1) is 69.0 Å². The molecule has 2 nitrogen and oxygen atoms in total. The van der Waals surface area contributed by atoms with E-state index in [9.17, 15) is 9.59 Å². The first-order chi connectivity index (χ1) is 15.8. The predicted molar refractivity (Wildman–Crippen MR) is 138 cm³/mol. The number of allylic oxidation sites excluding steroid dienone is 1. The van der Waals surface area contributed by atoms with Gasteiger partial charge in [0, 0.05) is 17.3 Å². The van der Waals surface area contributed by atoms with Gasteiger partial charge in [0.15, 0.2) is 0 Å². The Bertz CT molecular complexity index is 981. The zero-order valence-electron chi connectivity index (χ0n) is 22.6. The number of carbonyl (C=O) groups is 2. The molecule has 0 unspecified atom stereocenters. The number of carbonyl (C=O) groups excluding carboxylic acids is 2. The number of fused-ring (bicyclic) bond motifs is 7. The topological polar surface area (TPSA) is 34.1 Å². The molecule has 0 amide bonds. The maximum Gasteiger partial charge on any atom is 0.211 e. The minimum Gasteiger partial charge on any atom is -0.299 e. The van der Waals surface area contributed by atoms with E-state index in [1.54, 1.807) is 0 Å². The zero-order chi connectivity index (χ0) is 24.9. The van der Waals surface area contributed by atoms with Crippen molar-refractivity contribution < 1.29 is 9.59 Å². The van der Waals surface area contributed by atoms with Gasteiger partial charge in [-0.05, 0) is 116 Å². The molecule has 186 valence electrons. The van der Waals surface area contributed by atoms with E-state index in [4.69, 9.17) is 6.42 Å². The van der Waals surface area contributed by atoms with Crippen LogP contribution in [0.4, 0.5) is 0 Å². The number of hydrogen-bond donors (Lipinski definition) is 0. The minimum atomic E-state index is -0.327. The van der Waals surface area contributed by atoms with E-state index in [2.05, 4.69) is 54.0 Å². The van der Waals surface area contributed by atoms with E-state index >= 15 is 0 Å². The predicted octanol–water partition coefficient (Wildman–Crippen LogP) is 7.42. The Kier molecular flexibility index (Phi) is 5.25. The van der Waals surface area contributed by atoms with Gasteiger partial charge in [-0.15, -0.1) is 6.42 Å². The Labute approximate surface area is 208 Å². The fourth-order valence-corrected chi connectivity index (χ4v) is 11.5. The van der Waals surface area contributed by atoms with Gasteiger partial charge < -0.3 is 0 Å². The molecule has 34 heavy (non-hydrogen) atoms. The quantitative estimate of drug-likeness (QED) is 0.243. The summed E-state index contributed by atoms with van der Waals surface area (Å²) in [5, 5.41) is 0. The largest absolute Gasteiger partial charge is 0.299 e. The Morgan fingerprint density at radius 2 is 1.62 bits per heavy atom. The SMILES string of the molecule is C#CC(=O)[C@]12CC[C@@H](C(=C)C)[C@@H]1[C@H]1CC[C@@H]3[C@@]4(C)CCC(=O)C(C)(C)[C@@H]4CC[C@@]3(C)[C@]1(C)CC2. The van der Waals surface area contributed by atoms with Gasteiger partial charge in [-0.25, -0.2) is 0 Å². The minimum absolute atomic E-state index is 0.0683. The van der Waals surface area contributed by atoms with E-state index < -0.39 is 0 Å². The fourth-order valence-electron chi connectivity index (χ4n) is 11.5. The molecule has 5 rings (SSSR count). The molecular weight excluding hydrogens is 416 g/mol. The van der Waals surface area contributed by atoms with Crippen molar-refractivity contribution in [3.8, 4) is 12.3 Å². The van der Waals surface area contributed by atoms with Crippen molar-refractivity contribution in [1.29, 1.82) is 0 Å². The molecule has 5 aliphatic rings. The molecule has 0 spiro atoms. The highest BCUT2D eigenvalue weighted by Crippen LogP contribution is 2.77. The van der Waals surface area contributed by atoms with Gasteiger partial charge in [0.2, 0.25) is 5.78 Å². The summed E-state index contributed by atoms with van der Waals surface area (Å²) >= 11 is 0. The Balaban J connectivity index is 1.58. The van der Waals surface area contributed by atoms with Crippen LogP contribution in [-0.4, -0.2) is 11.6 Å². The van der Waals surface area contributed by atoms with E-state index in [0.29, 0.717) is 35.4 Å². The van der Waals surface area contributed by atoms with Crippen LogP contribution >= 0.6 is 0 Å². The smallest absolute Gasteiger partial charge is 0.211 e. The van der Waals surface area contributed by atoms with Gasteiger partial charge in [0.25, 0.3) is 0 Å². The second kappa shape index (κ2) is 7.33. The lowest BCUT2D eigenvalue weighted by Gasteiger charge is -2.72. The molecule has 5 aliphatic carbocycles. The average Bonchev–Trinajstić information content (AvgIpc) is 3.18. The average molecular weight is 463 g/mol. The summed E-state index contributed by atoms with van der Waals surface area (Å²) in [7, 11) is 0. The summed E-state index contributed by atoms with van der Waals surface area (Å²) in [5.74, 6) is 5.56. The Morgan fingerprint density at radius 3 is 2.26 bits per heavy atom. The summed E-state index contributed by atoms with van der Waals surface area (Å²) in [5.41, 5.74) is 1.39. The highest BCUT2D eigenvalue weighted by Gasteiger charge is 2.71. The van der Waals surface area contributed by atoms with Gasteiger partial charge in [-0.3, -0.25) is 9.59 Å². The maximum atomic E-state index is 13.3. The molecule has 9 atom stereocenters. The van der Waals surface area contributed by atoms with Gasteiger partial charge in [-0.2, -0.15) is 0 Å². The first-order valence-electron chi connectivity index (χ1n) is 14.0. The van der Waals surface area contributed by atoms with E-state index in [-0.39, 0.29) is 32.9 Å². The normalized spacial score (nSPS) is 51.3. The Morgan fingerprint density at radius 1 is 0.912 bits per heavy atom.